The summed E-state index contributed by atoms with van der Waals surface area (Å²) < 4.78 is 23.1. The third kappa shape index (κ3) is 5.20. The van der Waals surface area contributed by atoms with E-state index < -0.39 is 9.84 Å². The summed E-state index contributed by atoms with van der Waals surface area (Å²) in [4.78, 5) is 15.1. The third-order valence-electron chi connectivity index (χ3n) is 5.26. The van der Waals surface area contributed by atoms with Crippen molar-refractivity contribution in [1.82, 2.24) is 4.90 Å². The number of rotatable bonds is 7. The highest BCUT2D eigenvalue weighted by atomic mass is 32.2. The van der Waals surface area contributed by atoms with Crippen molar-refractivity contribution in [1.29, 1.82) is 0 Å². The zero-order valence-corrected chi connectivity index (χ0v) is 17.3. The van der Waals surface area contributed by atoms with Gasteiger partial charge in [0.25, 0.3) is 0 Å². The second kappa shape index (κ2) is 8.88. The van der Waals surface area contributed by atoms with Gasteiger partial charge in [0.15, 0.2) is 9.84 Å². The van der Waals surface area contributed by atoms with Gasteiger partial charge in [0.1, 0.15) is 0 Å². The first-order valence-electron chi connectivity index (χ1n) is 9.77. The molecule has 0 aliphatic heterocycles. The van der Waals surface area contributed by atoms with Crippen LogP contribution in [0.25, 0.3) is 0 Å². The van der Waals surface area contributed by atoms with Gasteiger partial charge in [-0.2, -0.15) is 0 Å². The lowest BCUT2D eigenvalue weighted by molar-refractivity contribution is -0.118. The molecule has 1 unspecified atom stereocenters. The van der Waals surface area contributed by atoms with Crippen LogP contribution in [0.5, 0.6) is 0 Å². The van der Waals surface area contributed by atoms with E-state index in [0.717, 1.165) is 32.2 Å². The molecular weight excluding hydrogens is 372 g/mol. The molecule has 0 fully saturated rings. The second-order valence-electron chi connectivity index (χ2n) is 7.48. The van der Waals surface area contributed by atoms with Gasteiger partial charge < -0.3 is 5.32 Å². The fraction of sp³-hybridized carbons (Fsp3) is 0.409. The lowest BCUT2D eigenvalue weighted by atomic mass is 9.87. The Balaban J connectivity index is 1.63. The minimum atomic E-state index is -3.23. The van der Waals surface area contributed by atoms with E-state index in [1.165, 1.54) is 29.5 Å². The Hall–Kier alpha value is -2.18. The number of sulfone groups is 1. The molecule has 28 heavy (non-hydrogen) atoms. The number of nitrogens with one attached hydrogen (secondary N) is 1. The van der Waals surface area contributed by atoms with Gasteiger partial charge in [-0.1, -0.05) is 31.2 Å². The summed E-state index contributed by atoms with van der Waals surface area (Å²) in [6.45, 7) is 3.35. The Morgan fingerprint density at radius 2 is 1.79 bits per heavy atom. The van der Waals surface area contributed by atoms with E-state index in [1.807, 2.05) is 0 Å². The molecule has 0 spiro atoms. The van der Waals surface area contributed by atoms with E-state index in [2.05, 4.69) is 41.4 Å². The third-order valence-corrected chi connectivity index (χ3v) is 6.39. The van der Waals surface area contributed by atoms with Crippen LogP contribution in [0.15, 0.2) is 53.4 Å². The average molecular weight is 401 g/mol. The largest absolute Gasteiger partial charge is 0.325 e. The number of amides is 1. The van der Waals surface area contributed by atoms with E-state index in [9.17, 15) is 13.2 Å². The molecule has 0 saturated heterocycles. The van der Waals surface area contributed by atoms with E-state index in [4.69, 9.17) is 0 Å². The zero-order valence-electron chi connectivity index (χ0n) is 16.5. The number of hydrogen-bond acceptors (Lipinski definition) is 4. The SMILES string of the molecule is CCCN(CC(=O)Nc1ccc(S(C)(=O)=O)cc1)C1CCc2ccccc2C1. The quantitative estimate of drug-likeness (QED) is 0.774. The Kier molecular flexibility index (Phi) is 6.52. The number of aryl methyl sites for hydroxylation is 1. The monoisotopic (exact) mass is 400 g/mol. The molecule has 0 saturated carbocycles. The summed E-state index contributed by atoms with van der Waals surface area (Å²) in [6.07, 6.45) is 5.26. The first-order valence-corrected chi connectivity index (χ1v) is 11.7. The van der Waals surface area contributed by atoms with Crippen LogP contribution in [0.1, 0.15) is 30.9 Å². The molecule has 2 aromatic carbocycles. The number of carbonyl (C=O) groups is 1. The molecule has 1 amide bonds. The summed E-state index contributed by atoms with van der Waals surface area (Å²) in [5, 5.41) is 2.89. The molecule has 5 nitrogen and oxygen atoms in total. The first-order chi connectivity index (χ1) is 13.4. The summed E-state index contributed by atoms with van der Waals surface area (Å²) in [6, 6.07) is 15.2. The molecule has 0 heterocycles. The van der Waals surface area contributed by atoms with Crippen molar-refractivity contribution >= 4 is 21.4 Å². The van der Waals surface area contributed by atoms with Crippen molar-refractivity contribution in [2.75, 3.05) is 24.7 Å². The molecule has 3 rings (SSSR count). The van der Waals surface area contributed by atoms with Crippen molar-refractivity contribution in [3.63, 3.8) is 0 Å². The predicted molar refractivity (Wildman–Crippen MR) is 112 cm³/mol. The fourth-order valence-electron chi connectivity index (χ4n) is 3.84. The van der Waals surface area contributed by atoms with Crippen LogP contribution < -0.4 is 5.32 Å². The summed E-state index contributed by atoms with van der Waals surface area (Å²) in [5.74, 6) is -0.0700. The Morgan fingerprint density at radius 1 is 1.11 bits per heavy atom. The van der Waals surface area contributed by atoms with Gasteiger partial charge >= 0.3 is 0 Å². The molecule has 0 radical (unpaired) electrons. The van der Waals surface area contributed by atoms with Crippen molar-refractivity contribution < 1.29 is 13.2 Å². The number of carbonyl (C=O) groups excluding carboxylic acids is 1. The van der Waals surface area contributed by atoms with E-state index in [0.29, 0.717) is 18.3 Å². The van der Waals surface area contributed by atoms with Gasteiger partial charge in [-0.3, -0.25) is 9.69 Å². The number of anilines is 1. The molecular formula is C22H28N2O3S. The van der Waals surface area contributed by atoms with Gasteiger partial charge in [-0.15, -0.1) is 0 Å². The topological polar surface area (TPSA) is 66.5 Å². The maximum absolute atomic E-state index is 12.6. The normalized spacial score (nSPS) is 16.6. The van der Waals surface area contributed by atoms with E-state index in [-0.39, 0.29) is 10.8 Å². The van der Waals surface area contributed by atoms with Crippen LogP contribution in [-0.4, -0.2) is 44.6 Å². The van der Waals surface area contributed by atoms with Crippen LogP contribution >= 0.6 is 0 Å². The number of fused-ring (bicyclic) bond motifs is 1. The van der Waals surface area contributed by atoms with Crippen molar-refractivity contribution in [2.45, 2.75) is 43.5 Å². The maximum Gasteiger partial charge on any atom is 0.238 e. The van der Waals surface area contributed by atoms with Crippen LogP contribution in [0, 0.1) is 0 Å². The lowest BCUT2D eigenvalue weighted by Crippen LogP contribution is -2.44. The molecule has 1 atom stereocenters. The van der Waals surface area contributed by atoms with Crippen LogP contribution in [-0.2, 0) is 27.5 Å². The molecule has 1 aliphatic carbocycles. The van der Waals surface area contributed by atoms with Crippen molar-refractivity contribution in [3.8, 4) is 0 Å². The Morgan fingerprint density at radius 3 is 2.43 bits per heavy atom. The number of benzene rings is 2. The first kappa shape index (κ1) is 20.6. The average Bonchev–Trinajstić information content (AvgIpc) is 2.67. The maximum atomic E-state index is 12.6. The zero-order chi connectivity index (χ0) is 20.1. The highest BCUT2D eigenvalue weighted by Gasteiger charge is 2.25. The highest BCUT2D eigenvalue weighted by Crippen LogP contribution is 2.24. The minimum absolute atomic E-state index is 0.0700. The highest BCUT2D eigenvalue weighted by molar-refractivity contribution is 7.90. The second-order valence-corrected chi connectivity index (χ2v) is 9.50. The van der Waals surface area contributed by atoms with Gasteiger partial charge in [-0.05, 0) is 67.6 Å². The number of hydrogen-bond donors (Lipinski definition) is 1. The molecule has 1 aliphatic rings. The van der Waals surface area contributed by atoms with Crippen molar-refractivity contribution in [3.05, 3.63) is 59.7 Å². The lowest BCUT2D eigenvalue weighted by Gasteiger charge is -2.34. The Labute approximate surface area is 167 Å². The van der Waals surface area contributed by atoms with Gasteiger partial charge in [0, 0.05) is 18.0 Å². The fourth-order valence-corrected chi connectivity index (χ4v) is 4.47. The van der Waals surface area contributed by atoms with Gasteiger partial charge in [0.05, 0.1) is 11.4 Å². The molecule has 0 bridgehead atoms. The number of nitrogens with zero attached hydrogens (tertiary/aromatic N) is 1. The van der Waals surface area contributed by atoms with Gasteiger partial charge in [0.2, 0.25) is 5.91 Å². The van der Waals surface area contributed by atoms with Crippen molar-refractivity contribution in [2.24, 2.45) is 0 Å². The van der Waals surface area contributed by atoms with E-state index in [1.54, 1.807) is 12.1 Å². The van der Waals surface area contributed by atoms with Crippen LogP contribution in [0.2, 0.25) is 0 Å². The van der Waals surface area contributed by atoms with Gasteiger partial charge in [-0.25, -0.2) is 8.42 Å². The minimum Gasteiger partial charge on any atom is -0.325 e. The molecule has 6 heteroatoms. The molecule has 150 valence electrons. The van der Waals surface area contributed by atoms with Crippen LogP contribution in [0.3, 0.4) is 0 Å². The predicted octanol–water partition coefficient (Wildman–Crippen LogP) is 3.30. The molecule has 2 aromatic rings. The van der Waals surface area contributed by atoms with E-state index >= 15 is 0 Å². The summed E-state index contributed by atoms with van der Waals surface area (Å²) >= 11 is 0. The summed E-state index contributed by atoms with van der Waals surface area (Å²) in [7, 11) is -3.23. The molecule has 1 N–H and O–H groups in total. The Bertz CT molecular complexity index is 923. The van der Waals surface area contributed by atoms with Crippen LogP contribution in [0.4, 0.5) is 5.69 Å². The smallest absolute Gasteiger partial charge is 0.238 e. The standard InChI is InChI=1S/C22H28N2O3S/c1-3-14-24(20-11-8-17-6-4-5-7-18(17)15-20)16-22(25)23-19-9-12-21(13-10-19)28(2,26)27/h4-7,9-10,12-13,20H,3,8,11,14-16H2,1-2H3,(H,23,25). The molecule has 0 aromatic heterocycles. The summed E-state index contributed by atoms with van der Waals surface area (Å²) in [5.41, 5.74) is 3.42.